The Morgan fingerprint density at radius 2 is 1.63 bits per heavy atom. The molecule has 0 spiro atoms. The molecule has 0 saturated carbocycles. The highest BCUT2D eigenvalue weighted by Crippen LogP contribution is 2.10. The van der Waals surface area contributed by atoms with Crippen molar-refractivity contribution < 1.29 is 14.0 Å². The van der Waals surface area contributed by atoms with E-state index in [1.807, 2.05) is 6.07 Å². The Morgan fingerprint density at radius 3 is 2.27 bits per heavy atom. The molecule has 0 aliphatic heterocycles. The van der Waals surface area contributed by atoms with Crippen LogP contribution in [-0.2, 0) is 20.1 Å². The fourth-order valence-electron chi connectivity index (χ4n) is 2.66. The van der Waals surface area contributed by atoms with Crippen LogP contribution in [0.2, 0.25) is 0 Å². The van der Waals surface area contributed by atoms with Crippen LogP contribution in [0.1, 0.15) is 27.2 Å². The number of urea groups is 1. The van der Waals surface area contributed by atoms with Gasteiger partial charge in [-0.05, 0) is 35.4 Å². The summed E-state index contributed by atoms with van der Waals surface area (Å²) in [5, 5.41) is 20.9. The van der Waals surface area contributed by atoms with E-state index in [1.54, 1.807) is 43.4 Å². The van der Waals surface area contributed by atoms with E-state index in [-0.39, 0.29) is 36.3 Å². The lowest BCUT2D eigenvalue weighted by Crippen LogP contribution is -2.28. The third-order valence-electron chi connectivity index (χ3n) is 4.26. The molecule has 152 valence electrons. The molecule has 0 saturated heterocycles. The lowest BCUT2D eigenvalue weighted by atomic mass is 10.1. The smallest absolute Gasteiger partial charge is 0.320 e. The number of nitriles is 1. The van der Waals surface area contributed by atoms with E-state index in [4.69, 9.17) is 5.26 Å². The molecule has 0 atom stereocenters. The molecule has 9 heteroatoms. The Labute approximate surface area is 172 Å². The van der Waals surface area contributed by atoms with Gasteiger partial charge < -0.3 is 10.6 Å². The molecule has 0 aliphatic carbocycles. The van der Waals surface area contributed by atoms with Crippen LogP contribution < -0.4 is 16.0 Å². The number of carbonyl (C=O) groups excluding carboxylic acids is 2. The van der Waals surface area contributed by atoms with Gasteiger partial charge in [-0.25, -0.2) is 9.18 Å². The minimum atomic E-state index is -0.498. The van der Waals surface area contributed by atoms with Gasteiger partial charge in [-0.3, -0.25) is 14.8 Å². The Hall–Kier alpha value is -4.19. The van der Waals surface area contributed by atoms with Crippen molar-refractivity contribution in [3.8, 4) is 6.07 Å². The van der Waals surface area contributed by atoms with Gasteiger partial charge in [0.1, 0.15) is 11.5 Å². The van der Waals surface area contributed by atoms with E-state index in [9.17, 15) is 14.0 Å². The first-order valence-electron chi connectivity index (χ1n) is 9.05. The number of carbonyl (C=O) groups is 2. The van der Waals surface area contributed by atoms with Gasteiger partial charge in [0.05, 0.1) is 11.6 Å². The number of nitrogens with one attached hydrogen (secondary N) is 3. The summed E-state index contributed by atoms with van der Waals surface area (Å²) in [6.07, 6.45) is 0. The summed E-state index contributed by atoms with van der Waals surface area (Å²) >= 11 is 0. The summed E-state index contributed by atoms with van der Waals surface area (Å²) in [4.78, 5) is 24.5. The van der Waals surface area contributed by atoms with Crippen LogP contribution in [0, 0.1) is 17.1 Å². The SMILES string of the molecule is Cn1nc(NC(=O)NCc2ccc(F)cc2)cc1C(=O)NCc1ccc(C#N)cc1. The fourth-order valence-corrected chi connectivity index (χ4v) is 2.66. The van der Waals surface area contributed by atoms with Gasteiger partial charge in [0.15, 0.2) is 5.82 Å². The second-order valence-corrected chi connectivity index (χ2v) is 6.46. The summed E-state index contributed by atoms with van der Waals surface area (Å²) < 4.78 is 14.3. The number of aromatic nitrogens is 2. The van der Waals surface area contributed by atoms with E-state index in [0.29, 0.717) is 5.56 Å². The molecule has 8 nitrogen and oxygen atoms in total. The molecule has 3 rings (SSSR count). The van der Waals surface area contributed by atoms with Crippen LogP contribution in [0.25, 0.3) is 0 Å². The van der Waals surface area contributed by atoms with E-state index in [0.717, 1.165) is 11.1 Å². The lowest BCUT2D eigenvalue weighted by Gasteiger charge is -2.05. The molecule has 3 aromatic rings. The summed E-state index contributed by atoms with van der Waals surface area (Å²) in [6.45, 7) is 0.507. The van der Waals surface area contributed by atoms with E-state index in [1.165, 1.54) is 22.9 Å². The van der Waals surface area contributed by atoms with Crippen molar-refractivity contribution in [2.75, 3.05) is 5.32 Å². The molecular weight excluding hydrogens is 387 g/mol. The van der Waals surface area contributed by atoms with Crippen LogP contribution in [0.3, 0.4) is 0 Å². The van der Waals surface area contributed by atoms with E-state index < -0.39 is 6.03 Å². The highest BCUT2D eigenvalue weighted by Gasteiger charge is 2.14. The highest BCUT2D eigenvalue weighted by atomic mass is 19.1. The third kappa shape index (κ3) is 5.42. The largest absolute Gasteiger partial charge is 0.347 e. The second kappa shape index (κ2) is 9.34. The zero-order chi connectivity index (χ0) is 21.5. The minimum Gasteiger partial charge on any atom is -0.347 e. The lowest BCUT2D eigenvalue weighted by molar-refractivity contribution is 0.0941. The van der Waals surface area contributed by atoms with Crippen LogP contribution in [-0.4, -0.2) is 21.7 Å². The average molecular weight is 406 g/mol. The number of hydrogen-bond acceptors (Lipinski definition) is 4. The Bertz CT molecular complexity index is 1080. The molecule has 3 N–H and O–H groups in total. The number of aryl methyl sites for hydroxylation is 1. The zero-order valence-corrected chi connectivity index (χ0v) is 16.1. The zero-order valence-electron chi connectivity index (χ0n) is 16.1. The van der Waals surface area contributed by atoms with Gasteiger partial charge >= 0.3 is 6.03 Å². The number of halogens is 1. The molecule has 0 aliphatic rings. The van der Waals surface area contributed by atoms with Gasteiger partial charge in [-0.2, -0.15) is 10.4 Å². The van der Waals surface area contributed by atoms with Crippen molar-refractivity contribution in [3.05, 3.63) is 82.8 Å². The monoisotopic (exact) mass is 406 g/mol. The number of benzene rings is 2. The molecule has 3 amide bonds. The van der Waals surface area contributed by atoms with Crippen LogP contribution in [0.5, 0.6) is 0 Å². The Balaban J connectivity index is 1.53. The van der Waals surface area contributed by atoms with Gasteiger partial charge in [0.2, 0.25) is 0 Å². The van der Waals surface area contributed by atoms with Gasteiger partial charge in [-0.15, -0.1) is 0 Å². The molecule has 0 bridgehead atoms. The Kier molecular flexibility index (Phi) is 6.39. The fraction of sp³-hybridized carbons (Fsp3) is 0.143. The maximum absolute atomic E-state index is 12.9. The number of hydrogen-bond donors (Lipinski definition) is 3. The van der Waals surface area contributed by atoms with Crippen molar-refractivity contribution in [1.29, 1.82) is 5.26 Å². The number of rotatable bonds is 6. The predicted octanol–water partition coefficient (Wildman–Crippen LogP) is 2.68. The Morgan fingerprint density at radius 1 is 1.03 bits per heavy atom. The molecule has 0 radical (unpaired) electrons. The highest BCUT2D eigenvalue weighted by molar-refractivity contribution is 5.95. The molecule has 2 aromatic carbocycles. The number of anilines is 1. The number of nitrogens with zero attached hydrogens (tertiary/aromatic N) is 3. The van der Waals surface area contributed by atoms with Crippen molar-refractivity contribution in [3.63, 3.8) is 0 Å². The van der Waals surface area contributed by atoms with Crippen LogP contribution in [0.4, 0.5) is 15.0 Å². The third-order valence-corrected chi connectivity index (χ3v) is 4.26. The minimum absolute atomic E-state index is 0.219. The first kappa shape index (κ1) is 20.5. The van der Waals surface area contributed by atoms with E-state index in [2.05, 4.69) is 21.0 Å². The first-order chi connectivity index (χ1) is 14.4. The first-order valence-corrected chi connectivity index (χ1v) is 9.05. The van der Waals surface area contributed by atoms with E-state index >= 15 is 0 Å². The van der Waals surface area contributed by atoms with Crippen molar-refractivity contribution >= 4 is 17.8 Å². The van der Waals surface area contributed by atoms with Gasteiger partial charge in [0, 0.05) is 26.2 Å². The second-order valence-electron chi connectivity index (χ2n) is 6.46. The van der Waals surface area contributed by atoms with Crippen molar-refractivity contribution in [1.82, 2.24) is 20.4 Å². The van der Waals surface area contributed by atoms with Crippen LogP contribution in [0.15, 0.2) is 54.6 Å². The molecule has 1 heterocycles. The van der Waals surface area contributed by atoms with Gasteiger partial charge in [0.25, 0.3) is 5.91 Å². The maximum atomic E-state index is 12.9. The van der Waals surface area contributed by atoms with Crippen LogP contribution >= 0.6 is 0 Å². The van der Waals surface area contributed by atoms with Crippen molar-refractivity contribution in [2.24, 2.45) is 7.05 Å². The standard InChI is InChI=1S/C21H19FN6O2/c1-28-18(20(29)24-12-15-4-2-14(11-23)3-5-15)10-19(27-28)26-21(30)25-13-16-6-8-17(22)9-7-16/h2-10H,12-13H2,1H3,(H,24,29)(H2,25,26,27,30). The van der Waals surface area contributed by atoms with Crippen molar-refractivity contribution in [2.45, 2.75) is 13.1 Å². The summed E-state index contributed by atoms with van der Waals surface area (Å²) in [5.41, 5.74) is 2.42. The summed E-state index contributed by atoms with van der Waals surface area (Å²) in [5.74, 6) is -0.478. The topological polar surface area (TPSA) is 112 Å². The molecule has 0 unspecified atom stereocenters. The quantitative estimate of drug-likeness (QED) is 0.584. The molecule has 1 aromatic heterocycles. The predicted molar refractivity (Wildman–Crippen MR) is 108 cm³/mol. The number of amides is 3. The van der Waals surface area contributed by atoms with Gasteiger partial charge in [-0.1, -0.05) is 24.3 Å². The normalized spacial score (nSPS) is 10.2. The average Bonchev–Trinajstić information content (AvgIpc) is 3.12. The summed E-state index contributed by atoms with van der Waals surface area (Å²) in [7, 11) is 1.60. The molecule has 0 fully saturated rings. The summed E-state index contributed by atoms with van der Waals surface area (Å²) in [6, 6.07) is 15.7. The molecule has 30 heavy (non-hydrogen) atoms. The molecular formula is C21H19FN6O2. The maximum Gasteiger partial charge on any atom is 0.320 e.